The lowest BCUT2D eigenvalue weighted by Gasteiger charge is -2.38. The normalized spacial score (nSPS) is 24.9. The van der Waals surface area contributed by atoms with Gasteiger partial charge >= 0.3 is 6.03 Å². The first-order valence-electron chi connectivity index (χ1n) is 6.69. The molecule has 2 saturated heterocycles. The number of likely N-dealkylation sites (tertiary alicyclic amines) is 1. The van der Waals surface area contributed by atoms with Crippen molar-refractivity contribution in [1.29, 1.82) is 0 Å². The van der Waals surface area contributed by atoms with Crippen LogP contribution in [0.25, 0.3) is 0 Å². The second-order valence-corrected chi connectivity index (χ2v) is 6.25. The predicted octanol–water partition coefficient (Wildman–Crippen LogP) is 1.26. The lowest BCUT2D eigenvalue weighted by atomic mass is 9.89. The van der Waals surface area contributed by atoms with E-state index in [0.29, 0.717) is 24.9 Å². The molecule has 3 rings (SSSR count). The van der Waals surface area contributed by atoms with Crippen molar-refractivity contribution in [3.8, 4) is 0 Å². The van der Waals surface area contributed by atoms with Crippen molar-refractivity contribution in [3.63, 3.8) is 0 Å². The van der Waals surface area contributed by atoms with Gasteiger partial charge in [0.05, 0.1) is 6.54 Å². The Balaban J connectivity index is 1.82. The van der Waals surface area contributed by atoms with Crippen molar-refractivity contribution in [3.05, 3.63) is 34.3 Å². The molecule has 2 heterocycles. The van der Waals surface area contributed by atoms with Gasteiger partial charge in [-0.3, -0.25) is 14.9 Å². The lowest BCUT2D eigenvalue weighted by molar-refractivity contribution is -0.125. The molecule has 1 atom stereocenters. The van der Waals surface area contributed by atoms with Crippen LogP contribution in [0.15, 0.2) is 28.7 Å². The first kappa shape index (κ1) is 14.1. The number of benzene rings is 1. The van der Waals surface area contributed by atoms with E-state index in [-0.39, 0.29) is 18.4 Å². The minimum absolute atomic E-state index is 0.135. The van der Waals surface area contributed by atoms with Crippen molar-refractivity contribution in [2.24, 2.45) is 0 Å². The van der Waals surface area contributed by atoms with Crippen LogP contribution < -0.4 is 10.6 Å². The third kappa shape index (κ3) is 2.53. The summed E-state index contributed by atoms with van der Waals surface area (Å²) in [5.74, 6) is -0.483. The van der Waals surface area contributed by atoms with Crippen LogP contribution in [0.4, 0.5) is 4.79 Å². The van der Waals surface area contributed by atoms with Gasteiger partial charge in [-0.05, 0) is 31.0 Å². The third-order valence-corrected chi connectivity index (χ3v) is 4.36. The maximum Gasteiger partial charge on any atom is 0.322 e. The highest BCUT2D eigenvalue weighted by Gasteiger charge is 2.49. The number of carbonyl (C=O) groups excluding carboxylic acids is 3. The highest BCUT2D eigenvalue weighted by molar-refractivity contribution is 9.10. The number of urea groups is 1. The molecule has 21 heavy (non-hydrogen) atoms. The summed E-state index contributed by atoms with van der Waals surface area (Å²) in [5.41, 5.74) is -0.414. The van der Waals surface area contributed by atoms with Crippen LogP contribution >= 0.6 is 15.9 Å². The molecule has 2 aliphatic heterocycles. The molecule has 4 amide bonds. The van der Waals surface area contributed by atoms with Crippen LogP contribution in [-0.4, -0.2) is 41.4 Å². The Morgan fingerprint density at radius 3 is 2.81 bits per heavy atom. The van der Waals surface area contributed by atoms with Gasteiger partial charge in [0.15, 0.2) is 0 Å². The van der Waals surface area contributed by atoms with Gasteiger partial charge in [-0.15, -0.1) is 0 Å². The van der Waals surface area contributed by atoms with Crippen LogP contribution in [0.1, 0.15) is 23.2 Å². The number of amides is 4. The zero-order valence-electron chi connectivity index (χ0n) is 11.2. The van der Waals surface area contributed by atoms with E-state index in [1.54, 1.807) is 23.1 Å². The van der Waals surface area contributed by atoms with Gasteiger partial charge < -0.3 is 10.2 Å². The summed E-state index contributed by atoms with van der Waals surface area (Å²) in [6.07, 6.45) is 1.22. The minimum Gasteiger partial charge on any atom is -0.336 e. The number of imide groups is 1. The molecule has 0 radical (unpaired) electrons. The van der Waals surface area contributed by atoms with E-state index in [1.165, 1.54) is 0 Å². The fourth-order valence-electron chi connectivity index (χ4n) is 2.85. The molecular formula is C14H14BrN3O3. The fraction of sp³-hybridized carbons (Fsp3) is 0.357. The Bertz CT molecular complexity index is 634. The summed E-state index contributed by atoms with van der Waals surface area (Å²) in [7, 11) is 0. The summed E-state index contributed by atoms with van der Waals surface area (Å²) >= 11 is 3.34. The molecule has 110 valence electrons. The Kier molecular flexibility index (Phi) is 3.44. The molecule has 0 aromatic heterocycles. The Labute approximate surface area is 130 Å². The molecular weight excluding hydrogens is 338 g/mol. The zero-order chi connectivity index (χ0) is 15.0. The van der Waals surface area contributed by atoms with E-state index in [2.05, 4.69) is 26.6 Å². The number of nitrogens with zero attached hydrogens (tertiary/aromatic N) is 1. The molecule has 1 unspecified atom stereocenters. The maximum atomic E-state index is 12.5. The number of hydrogen-bond donors (Lipinski definition) is 2. The Hall–Kier alpha value is -1.89. The molecule has 0 bridgehead atoms. The van der Waals surface area contributed by atoms with Crippen molar-refractivity contribution in [2.75, 3.05) is 13.1 Å². The van der Waals surface area contributed by atoms with E-state index in [0.717, 1.165) is 4.47 Å². The highest BCUT2D eigenvalue weighted by Crippen LogP contribution is 2.26. The van der Waals surface area contributed by atoms with E-state index in [1.807, 2.05) is 6.07 Å². The van der Waals surface area contributed by atoms with E-state index >= 15 is 0 Å². The molecule has 2 N–H and O–H groups in total. The number of nitrogens with one attached hydrogen (secondary N) is 2. The van der Waals surface area contributed by atoms with Gasteiger partial charge in [-0.2, -0.15) is 0 Å². The van der Waals surface area contributed by atoms with Crippen molar-refractivity contribution in [2.45, 2.75) is 18.4 Å². The monoisotopic (exact) mass is 351 g/mol. The number of hydrogen-bond acceptors (Lipinski definition) is 3. The van der Waals surface area contributed by atoms with Gasteiger partial charge in [0.2, 0.25) is 0 Å². The van der Waals surface area contributed by atoms with E-state index in [9.17, 15) is 14.4 Å². The van der Waals surface area contributed by atoms with Gasteiger partial charge in [0, 0.05) is 16.6 Å². The molecule has 0 aliphatic carbocycles. The fourth-order valence-corrected chi connectivity index (χ4v) is 3.25. The average molecular weight is 352 g/mol. The van der Waals surface area contributed by atoms with Crippen molar-refractivity contribution in [1.82, 2.24) is 15.5 Å². The van der Waals surface area contributed by atoms with E-state index in [4.69, 9.17) is 0 Å². The lowest BCUT2D eigenvalue weighted by Crippen LogP contribution is -2.59. The van der Waals surface area contributed by atoms with Gasteiger partial charge in [-0.1, -0.05) is 22.0 Å². The summed E-state index contributed by atoms with van der Waals surface area (Å²) in [5, 5.41) is 4.92. The average Bonchev–Trinajstić information content (AvgIpc) is 2.72. The summed E-state index contributed by atoms with van der Waals surface area (Å²) in [6, 6.07) is 6.63. The number of piperidine rings is 1. The predicted molar refractivity (Wildman–Crippen MR) is 78.7 cm³/mol. The SMILES string of the molecule is O=C1NC(=O)C2(CCCN(C(=O)c3cccc(Br)c3)C2)N1. The first-order chi connectivity index (χ1) is 10.00. The van der Waals surface area contributed by atoms with Crippen molar-refractivity contribution < 1.29 is 14.4 Å². The second kappa shape index (κ2) is 5.14. The quantitative estimate of drug-likeness (QED) is 0.747. The molecule has 1 spiro atoms. The van der Waals surface area contributed by atoms with Crippen molar-refractivity contribution >= 4 is 33.8 Å². The van der Waals surface area contributed by atoms with Crippen LogP contribution in [0.3, 0.4) is 0 Å². The van der Waals surface area contributed by atoms with E-state index < -0.39 is 11.6 Å². The van der Waals surface area contributed by atoms with Gasteiger partial charge in [-0.25, -0.2) is 4.79 Å². The minimum atomic E-state index is -0.975. The van der Waals surface area contributed by atoms with Crippen LogP contribution in [0.5, 0.6) is 0 Å². The summed E-state index contributed by atoms with van der Waals surface area (Å²) in [6.45, 7) is 0.784. The standard InChI is InChI=1S/C14H14BrN3O3/c15-10-4-1-3-9(7-10)11(19)18-6-2-5-14(8-18)12(20)16-13(21)17-14/h1,3-4,7H,2,5-6,8H2,(H2,16,17,20,21). The molecule has 6 nitrogen and oxygen atoms in total. The summed E-state index contributed by atoms with van der Waals surface area (Å²) in [4.78, 5) is 37.5. The highest BCUT2D eigenvalue weighted by atomic mass is 79.9. The topological polar surface area (TPSA) is 78.5 Å². The molecule has 0 saturated carbocycles. The smallest absolute Gasteiger partial charge is 0.322 e. The largest absolute Gasteiger partial charge is 0.336 e. The Morgan fingerprint density at radius 2 is 2.14 bits per heavy atom. The zero-order valence-corrected chi connectivity index (χ0v) is 12.8. The third-order valence-electron chi connectivity index (χ3n) is 3.87. The molecule has 2 fully saturated rings. The van der Waals surface area contributed by atoms with Gasteiger partial charge in [0.25, 0.3) is 11.8 Å². The van der Waals surface area contributed by atoms with Crippen LogP contribution in [-0.2, 0) is 4.79 Å². The second-order valence-electron chi connectivity index (χ2n) is 5.33. The number of carbonyl (C=O) groups is 3. The first-order valence-corrected chi connectivity index (χ1v) is 7.48. The number of rotatable bonds is 1. The Morgan fingerprint density at radius 1 is 1.33 bits per heavy atom. The molecule has 2 aliphatic rings. The molecule has 1 aromatic rings. The van der Waals surface area contributed by atoms with Crippen LogP contribution in [0.2, 0.25) is 0 Å². The van der Waals surface area contributed by atoms with Crippen LogP contribution in [0, 0.1) is 0 Å². The van der Waals surface area contributed by atoms with Gasteiger partial charge in [0.1, 0.15) is 5.54 Å². The number of halogens is 1. The maximum absolute atomic E-state index is 12.5. The molecule has 7 heteroatoms. The summed E-state index contributed by atoms with van der Waals surface area (Å²) < 4.78 is 0.826. The molecule has 1 aromatic carbocycles.